The molecule has 0 amide bonds. The molecule has 0 rings (SSSR count). The molecule has 0 atom stereocenters. The number of hydrogen-bond donors (Lipinski definition) is 1. The fourth-order valence-corrected chi connectivity index (χ4v) is 2.27. The van der Waals surface area contributed by atoms with E-state index in [0.717, 1.165) is 12.8 Å². The molecule has 0 aromatic carbocycles. The third-order valence-corrected chi connectivity index (χ3v) is 4.15. The first-order valence-corrected chi connectivity index (χ1v) is 7.82. The summed E-state index contributed by atoms with van der Waals surface area (Å²) < 4.78 is 14.8. The fourth-order valence-electron chi connectivity index (χ4n) is 1.46. The molecule has 0 aliphatic rings. The van der Waals surface area contributed by atoms with E-state index in [1.165, 1.54) is 46.3 Å². The van der Waals surface area contributed by atoms with Crippen molar-refractivity contribution in [3.8, 4) is 0 Å². The van der Waals surface area contributed by atoms with Gasteiger partial charge in [0.1, 0.15) is 0 Å². The van der Waals surface area contributed by atoms with E-state index in [9.17, 15) is 4.80 Å². The highest BCUT2D eigenvalue weighted by molar-refractivity contribution is 6.51. The summed E-state index contributed by atoms with van der Waals surface area (Å²) in [5.41, 5.74) is 0. The van der Waals surface area contributed by atoms with Crippen LogP contribution < -0.4 is 0 Å². The predicted molar refractivity (Wildman–Crippen MR) is 65.9 cm³/mol. The highest BCUT2D eigenvalue weighted by Gasteiger charge is 2.38. The molecule has 4 nitrogen and oxygen atoms in total. The molecule has 16 heavy (non-hydrogen) atoms. The van der Waals surface area contributed by atoms with Crippen molar-refractivity contribution in [2.75, 3.05) is 20.8 Å². The van der Waals surface area contributed by atoms with E-state index < -0.39 is 9.05 Å². The van der Waals surface area contributed by atoms with Gasteiger partial charge in [0, 0.05) is 20.8 Å². The predicted octanol–water partition coefficient (Wildman–Crippen LogP) is 2.47. The summed E-state index contributed by atoms with van der Waals surface area (Å²) in [4.78, 5) is 9.57. The minimum Gasteiger partial charge on any atom is -0.367 e. The Labute approximate surface area is 100 Å². The SMILES string of the molecule is CCCCCCCCCO[Si](O)(OC)OC. The Morgan fingerprint density at radius 2 is 1.38 bits per heavy atom. The van der Waals surface area contributed by atoms with Crippen molar-refractivity contribution in [2.45, 2.75) is 51.9 Å². The van der Waals surface area contributed by atoms with Gasteiger partial charge in [-0.15, -0.1) is 0 Å². The lowest BCUT2D eigenvalue weighted by Gasteiger charge is -2.18. The Morgan fingerprint density at radius 1 is 0.875 bits per heavy atom. The largest absolute Gasteiger partial charge is 0.676 e. The molecule has 0 aromatic rings. The zero-order valence-electron chi connectivity index (χ0n) is 10.8. The van der Waals surface area contributed by atoms with E-state index in [2.05, 4.69) is 6.92 Å². The second kappa shape index (κ2) is 10.2. The highest BCUT2D eigenvalue weighted by Crippen LogP contribution is 2.08. The zero-order chi connectivity index (χ0) is 12.3. The van der Waals surface area contributed by atoms with E-state index in [4.69, 9.17) is 13.3 Å². The summed E-state index contributed by atoms with van der Waals surface area (Å²) in [6.07, 6.45) is 8.56. The first-order chi connectivity index (χ1) is 7.68. The van der Waals surface area contributed by atoms with Gasteiger partial charge in [0.2, 0.25) is 0 Å². The van der Waals surface area contributed by atoms with Gasteiger partial charge in [0.05, 0.1) is 0 Å². The van der Waals surface area contributed by atoms with Crippen LogP contribution in [0.1, 0.15) is 51.9 Å². The molecular weight excluding hydrogens is 224 g/mol. The van der Waals surface area contributed by atoms with E-state index in [1.807, 2.05) is 0 Å². The molecule has 0 aliphatic carbocycles. The molecule has 0 aromatic heterocycles. The highest BCUT2D eigenvalue weighted by atomic mass is 28.4. The number of rotatable bonds is 11. The van der Waals surface area contributed by atoms with Crippen LogP contribution in [0.3, 0.4) is 0 Å². The van der Waals surface area contributed by atoms with Crippen LogP contribution in [0.4, 0.5) is 0 Å². The minimum atomic E-state index is -3.28. The average Bonchev–Trinajstić information content (AvgIpc) is 2.32. The van der Waals surface area contributed by atoms with Crippen molar-refractivity contribution in [3.05, 3.63) is 0 Å². The van der Waals surface area contributed by atoms with Gasteiger partial charge >= 0.3 is 9.05 Å². The lowest BCUT2D eigenvalue weighted by molar-refractivity contribution is 0.0222. The lowest BCUT2D eigenvalue weighted by Crippen LogP contribution is -2.44. The molecule has 0 unspecified atom stereocenters. The maximum absolute atomic E-state index is 9.57. The Hall–Kier alpha value is 0.0569. The molecule has 98 valence electrons. The quantitative estimate of drug-likeness (QED) is 0.452. The van der Waals surface area contributed by atoms with Gasteiger partial charge < -0.3 is 18.1 Å². The maximum Gasteiger partial charge on any atom is 0.676 e. The smallest absolute Gasteiger partial charge is 0.367 e. The second-order valence-electron chi connectivity index (χ2n) is 3.90. The van der Waals surface area contributed by atoms with Crippen LogP contribution >= 0.6 is 0 Å². The Morgan fingerprint density at radius 3 is 1.88 bits per heavy atom. The van der Waals surface area contributed by atoms with Gasteiger partial charge in [-0.1, -0.05) is 45.4 Å². The van der Waals surface area contributed by atoms with Gasteiger partial charge in [-0.2, -0.15) is 0 Å². The molecule has 0 bridgehead atoms. The van der Waals surface area contributed by atoms with Crippen molar-refractivity contribution < 1.29 is 18.1 Å². The van der Waals surface area contributed by atoms with E-state index in [-0.39, 0.29) is 0 Å². The lowest BCUT2D eigenvalue weighted by atomic mass is 10.1. The molecule has 0 radical (unpaired) electrons. The molecule has 0 aliphatic heterocycles. The number of hydrogen-bond acceptors (Lipinski definition) is 4. The van der Waals surface area contributed by atoms with Crippen molar-refractivity contribution in [1.29, 1.82) is 0 Å². The van der Waals surface area contributed by atoms with E-state index in [0.29, 0.717) is 6.61 Å². The van der Waals surface area contributed by atoms with Gasteiger partial charge in [-0.3, -0.25) is 0 Å². The van der Waals surface area contributed by atoms with Crippen LogP contribution in [-0.2, 0) is 13.3 Å². The van der Waals surface area contributed by atoms with Crippen molar-refractivity contribution >= 4 is 9.05 Å². The summed E-state index contributed by atoms with van der Waals surface area (Å²) in [5, 5.41) is 0. The average molecular weight is 250 g/mol. The van der Waals surface area contributed by atoms with Crippen LogP contribution in [0, 0.1) is 0 Å². The minimum absolute atomic E-state index is 0.512. The van der Waals surface area contributed by atoms with Crippen LogP contribution in [0.25, 0.3) is 0 Å². The molecule has 0 spiro atoms. The van der Waals surface area contributed by atoms with Crippen LogP contribution in [-0.4, -0.2) is 34.7 Å². The van der Waals surface area contributed by atoms with Crippen molar-refractivity contribution in [2.24, 2.45) is 0 Å². The molecule has 1 N–H and O–H groups in total. The van der Waals surface area contributed by atoms with E-state index >= 15 is 0 Å². The first-order valence-electron chi connectivity index (χ1n) is 6.15. The zero-order valence-corrected chi connectivity index (χ0v) is 11.8. The van der Waals surface area contributed by atoms with Gasteiger partial charge in [0.15, 0.2) is 0 Å². The van der Waals surface area contributed by atoms with Gasteiger partial charge in [-0.25, -0.2) is 0 Å². The van der Waals surface area contributed by atoms with Crippen LogP contribution in [0.2, 0.25) is 0 Å². The summed E-state index contributed by atoms with van der Waals surface area (Å²) in [5.74, 6) is 0. The van der Waals surface area contributed by atoms with Gasteiger partial charge in [0.25, 0.3) is 0 Å². The Balaban J connectivity index is 3.26. The third kappa shape index (κ3) is 8.24. The van der Waals surface area contributed by atoms with Crippen LogP contribution in [0.15, 0.2) is 0 Å². The Kier molecular flexibility index (Phi) is 10.3. The summed E-state index contributed by atoms with van der Waals surface area (Å²) in [7, 11) is -0.472. The summed E-state index contributed by atoms with van der Waals surface area (Å²) >= 11 is 0. The molecular formula is C11H26O4Si. The maximum atomic E-state index is 9.57. The third-order valence-electron chi connectivity index (χ3n) is 2.55. The summed E-state index contributed by atoms with van der Waals surface area (Å²) in [6, 6.07) is 0. The molecule has 0 fully saturated rings. The second-order valence-corrected chi connectivity index (χ2v) is 6.05. The van der Waals surface area contributed by atoms with E-state index in [1.54, 1.807) is 0 Å². The van der Waals surface area contributed by atoms with Gasteiger partial charge in [-0.05, 0) is 6.42 Å². The molecule has 0 heterocycles. The molecule has 0 saturated heterocycles. The van der Waals surface area contributed by atoms with Crippen molar-refractivity contribution in [3.63, 3.8) is 0 Å². The topological polar surface area (TPSA) is 47.9 Å². The summed E-state index contributed by atoms with van der Waals surface area (Å²) in [6.45, 7) is 2.73. The van der Waals surface area contributed by atoms with Crippen LogP contribution in [0.5, 0.6) is 0 Å². The normalized spacial score (nSPS) is 12.0. The standard InChI is InChI=1S/C11H26O4Si/c1-4-5-6-7-8-9-10-11-15-16(12,13-2)14-3/h12H,4-11H2,1-3H3. The van der Waals surface area contributed by atoms with Crippen molar-refractivity contribution in [1.82, 2.24) is 0 Å². The number of unbranched alkanes of at least 4 members (excludes halogenated alkanes) is 6. The monoisotopic (exact) mass is 250 g/mol. The molecule has 0 saturated carbocycles. The Bertz CT molecular complexity index is 151. The first kappa shape index (κ1) is 16.1. The molecule has 5 heteroatoms. The fraction of sp³-hybridized carbons (Fsp3) is 1.00.